The zero-order chi connectivity index (χ0) is 26.8. The van der Waals surface area contributed by atoms with Gasteiger partial charge in [-0.05, 0) is 36.6 Å². The van der Waals surface area contributed by atoms with Crippen LogP contribution in [-0.4, -0.2) is 61.1 Å². The summed E-state index contributed by atoms with van der Waals surface area (Å²) >= 11 is 0. The molecule has 1 saturated heterocycles. The molecule has 0 bridgehead atoms. The van der Waals surface area contributed by atoms with Crippen LogP contribution >= 0.6 is 0 Å². The minimum absolute atomic E-state index is 0.0386. The van der Waals surface area contributed by atoms with E-state index in [0.29, 0.717) is 71.2 Å². The maximum Gasteiger partial charge on any atom is 0.255 e. The second-order valence-electron chi connectivity index (χ2n) is 9.53. The number of nitrogens with one attached hydrogen (secondary N) is 1. The van der Waals surface area contributed by atoms with Crippen molar-refractivity contribution in [3.8, 4) is 17.7 Å². The quantitative estimate of drug-likeness (QED) is 0.408. The monoisotopic (exact) mass is 512 g/mol. The van der Waals surface area contributed by atoms with Crippen LogP contribution in [0.1, 0.15) is 35.5 Å². The van der Waals surface area contributed by atoms with Gasteiger partial charge in [-0.2, -0.15) is 10.2 Å². The topological polar surface area (TPSA) is 131 Å². The van der Waals surface area contributed by atoms with E-state index in [9.17, 15) is 4.79 Å². The third-order valence-corrected chi connectivity index (χ3v) is 6.51. The predicted molar refractivity (Wildman–Crippen MR) is 140 cm³/mol. The predicted octanol–water partition coefficient (Wildman–Crippen LogP) is 3.97. The molecule has 4 aromatic rings. The number of carbonyl (C=O) groups is 1. The SMILES string of the molecule is Cc1cc(C#N)ncc1Oc1cc(Nc2ccc(C(=O)N3CCOCC3C(C)C)cn2)c2ncn(C)c2n1. The molecule has 1 amide bonds. The third-order valence-electron chi connectivity index (χ3n) is 6.51. The molecule has 4 aromatic heterocycles. The molecule has 1 unspecified atom stereocenters. The summed E-state index contributed by atoms with van der Waals surface area (Å²) in [6.07, 6.45) is 4.76. The molecule has 11 heteroatoms. The molecule has 1 aliphatic heterocycles. The second kappa shape index (κ2) is 10.4. The fourth-order valence-corrected chi connectivity index (χ4v) is 4.37. The number of imidazole rings is 1. The number of nitrogens with zero attached hydrogens (tertiary/aromatic N) is 7. The minimum atomic E-state index is -0.0517. The number of nitriles is 1. The van der Waals surface area contributed by atoms with Crippen LogP contribution in [0.25, 0.3) is 11.2 Å². The number of rotatable bonds is 6. The lowest BCUT2D eigenvalue weighted by molar-refractivity contribution is -0.0154. The van der Waals surface area contributed by atoms with E-state index >= 15 is 0 Å². The van der Waals surface area contributed by atoms with E-state index in [1.807, 2.05) is 24.9 Å². The lowest BCUT2D eigenvalue weighted by atomic mass is 10.0. The van der Waals surface area contributed by atoms with Crippen LogP contribution in [0.4, 0.5) is 11.5 Å². The second-order valence-corrected chi connectivity index (χ2v) is 9.53. The maximum atomic E-state index is 13.2. The number of anilines is 2. The first kappa shape index (κ1) is 25.1. The van der Waals surface area contributed by atoms with E-state index in [0.717, 1.165) is 5.56 Å². The normalized spacial score (nSPS) is 15.5. The van der Waals surface area contributed by atoms with E-state index in [1.54, 1.807) is 41.4 Å². The zero-order valence-electron chi connectivity index (χ0n) is 21.7. The Kier molecular flexibility index (Phi) is 6.89. The summed E-state index contributed by atoms with van der Waals surface area (Å²) in [5, 5.41) is 12.4. The smallest absolute Gasteiger partial charge is 0.255 e. The van der Waals surface area contributed by atoms with E-state index in [1.165, 1.54) is 6.20 Å². The van der Waals surface area contributed by atoms with E-state index in [-0.39, 0.29) is 11.9 Å². The zero-order valence-corrected chi connectivity index (χ0v) is 21.7. The van der Waals surface area contributed by atoms with Crippen molar-refractivity contribution in [1.29, 1.82) is 5.26 Å². The highest BCUT2D eigenvalue weighted by molar-refractivity contribution is 5.94. The molecule has 0 aromatic carbocycles. The Morgan fingerprint density at radius 2 is 2.08 bits per heavy atom. The van der Waals surface area contributed by atoms with Gasteiger partial charge >= 0.3 is 0 Å². The number of aryl methyl sites for hydroxylation is 2. The van der Waals surface area contributed by atoms with Crippen molar-refractivity contribution in [2.75, 3.05) is 25.1 Å². The van der Waals surface area contributed by atoms with Gasteiger partial charge in [-0.25, -0.2) is 15.0 Å². The average molecular weight is 513 g/mol. The first-order chi connectivity index (χ1) is 18.3. The molecule has 1 fully saturated rings. The van der Waals surface area contributed by atoms with Gasteiger partial charge in [0.15, 0.2) is 11.4 Å². The highest BCUT2D eigenvalue weighted by Gasteiger charge is 2.30. The molecule has 1 N–H and O–H groups in total. The van der Waals surface area contributed by atoms with Gasteiger partial charge in [0.1, 0.15) is 23.1 Å². The van der Waals surface area contributed by atoms with Crippen molar-refractivity contribution >= 4 is 28.6 Å². The van der Waals surface area contributed by atoms with E-state index in [2.05, 4.69) is 39.1 Å². The van der Waals surface area contributed by atoms with Crippen molar-refractivity contribution in [3.05, 3.63) is 59.8 Å². The van der Waals surface area contributed by atoms with Gasteiger partial charge < -0.3 is 24.3 Å². The molecule has 1 aliphatic rings. The van der Waals surface area contributed by atoms with Crippen LogP contribution in [0.2, 0.25) is 0 Å². The number of aromatic nitrogens is 5. The number of fused-ring (bicyclic) bond motifs is 1. The van der Waals surface area contributed by atoms with Gasteiger partial charge in [0.25, 0.3) is 5.91 Å². The van der Waals surface area contributed by atoms with Crippen molar-refractivity contribution in [1.82, 2.24) is 29.4 Å². The summed E-state index contributed by atoms with van der Waals surface area (Å²) in [6.45, 7) is 7.66. The van der Waals surface area contributed by atoms with Crippen LogP contribution in [0, 0.1) is 24.2 Å². The first-order valence-electron chi connectivity index (χ1n) is 12.3. The molecule has 0 radical (unpaired) electrons. The Morgan fingerprint density at radius 3 is 2.79 bits per heavy atom. The van der Waals surface area contributed by atoms with Gasteiger partial charge in [-0.3, -0.25) is 4.79 Å². The molecule has 0 aliphatic carbocycles. The number of carbonyl (C=O) groups excluding carboxylic acids is 1. The summed E-state index contributed by atoms with van der Waals surface area (Å²) < 4.78 is 13.4. The summed E-state index contributed by atoms with van der Waals surface area (Å²) in [6, 6.07) is 8.98. The third kappa shape index (κ3) is 4.99. The largest absolute Gasteiger partial charge is 0.437 e. The summed E-state index contributed by atoms with van der Waals surface area (Å²) in [7, 11) is 1.85. The number of ether oxygens (including phenoxy) is 2. The van der Waals surface area contributed by atoms with Crippen molar-refractivity contribution in [2.45, 2.75) is 26.8 Å². The lowest BCUT2D eigenvalue weighted by Gasteiger charge is -2.38. The Labute approximate surface area is 220 Å². The van der Waals surface area contributed by atoms with E-state index < -0.39 is 0 Å². The minimum Gasteiger partial charge on any atom is -0.437 e. The molecule has 5 rings (SSSR count). The van der Waals surface area contributed by atoms with Crippen LogP contribution in [0.3, 0.4) is 0 Å². The molecule has 0 saturated carbocycles. The Balaban J connectivity index is 1.40. The molecule has 11 nitrogen and oxygen atoms in total. The molecular formula is C27H28N8O3. The fourth-order valence-electron chi connectivity index (χ4n) is 4.37. The summed E-state index contributed by atoms with van der Waals surface area (Å²) in [5.74, 6) is 1.61. The molecule has 0 spiro atoms. The van der Waals surface area contributed by atoms with Gasteiger partial charge in [0.05, 0.1) is 43.0 Å². The van der Waals surface area contributed by atoms with Crippen LogP contribution < -0.4 is 10.1 Å². The Hall–Kier alpha value is -4.56. The molecule has 38 heavy (non-hydrogen) atoms. The molecule has 194 valence electrons. The lowest BCUT2D eigenvalue weighted by Crippen LogP contribution is -2.51. The number of morpholine rings is 1. The molecular weight excluding hydrogens is 484 g/mol. The summed E-state index contributed by atoms with van der Waals surface area (Å²) in [5.41, 5.74) is 3.50. The van der Waals surface area contributed by atoms with Crippen molar-refractivity contribution in [2.24, 2.45) is 13.0 Å². The number of hydrogen-bond donors (Lipinski definition) is 1. The number of pyridine rings is 3. The van der Waals surface area contributed by atoms with Gasteiger partial charge in [0, 0.05) is 25.9 Å². The van der Waals surface area contributed by atoms with Gasteiger partial charge in [-0.1, -0.05) is 13.8 Å². The van der Waals surface area contributed by atoms with Gasteiger partial charge in [0.2, 0.25) is 5.88 Å². The van der Waals surface area contributed by atoms with Crippen LogP contribution in [0.15, 0.2) is 43.0 Å². The maximum absolute atomic E-state index is 13.2. The fraction of sp³-hybridized carbons (Fsp3) is 0.333. The highest BCUT2D eigenvalue weighted by Crippen LogP contribution is 2.31. The number of hydrogen-bond acceptors (Lipinski definition) is 9. The van der Waals surface area contributed by atoms with Crippen molar-refractivity contribution < 1.29 is 14.3 Å². The molecule has 1 atom stereocenters. The van der Waals surface area contributed by atoms with Crippen molar-refractivity contribution in [3.63, 3.8) is 0 Å². The van der Waals surface area contributed by atoms with Gasteiger partial charge in [-0.15, -0.1) is 0 Å². The summed E-state index contributed by atoms with van der Waals surface area (Å²) in [4.78, 5) is 32.7. The standard InChI is InChI=1S/C27H28N8O3/c1-16(2)21-14-37-8-7-35(21)27(36)18-5-6-23(30-12-18)32-20-10-24(33-26-25(20)31-15-34(26)4)38-22-13-29-19(11-28)9-17(22)3/h5-6,9-10,12-13,15-16,21H,7-8,14H2,1-4H3,(H,30,32,33). The van der Waals surface area contributed by atoms with Crippen LogP contribution in [0.5, 0.6) is 11.6 Å². The van der Waals surface area contributed by atoms with E-state index in [4.69, 9.17) is 14.7 Å². The average Bonchev–Trinajstić information content (AvgIpc) is 3.30. The Morgan fingerprint density at radius 1 is 1.24 bits per heavy atom. The molecule has 5 heterocycles. The van der Waals surface area contributed by atoms with Crippen LogP contribution in [-0.2, 0) is 11.8 Å². The highest BCUT2D eigenvalue weighted by atomic mass is 16.5. The number of amides is 1. The Bertz CT molecular complexity index is 1520. The first-order valence-corrected chi connectivity index (χ1v) is 12.3.